The summed E-state index contributed by atoms with van der Waals surface area (Å²) in [4.78, 5) is 28.7. The molecule has 1 unspecified atom stereocenters. The zero-order chi connectivity index (χ0) is 21.5. The first-order chi connectivity index (χ1) is 15.0. The molecule has 2 bridgehead atoms. The van der Waals surface area contributed by atoms with Gasteiger partial charge in [-0.3, -0.25) is 9.59 Å². The summed E-state index contributed by atoms with van der Waals surface area (Å²) in [6.45, 7) is 0. The van der Waals surface area contributed by atoms with Gasteiger partial charge < -0.3 is 5.21 Å². The van der Waals surface area contributed by atoms with Gasteiger partial charge in [0.15, 0.2) is 5.69 Å². The van der Waals surface area contributed by atoms with Crippen LogP contribution in [0.3, 0.4) is 0 Å². The van der Waals surface area contributed by atoms with Gasteiger partial charge in [-0.25, -0.2) is 10.1 Å². The number of hydrogen-bond donors (Lipinski definition) is 2. The van der Waals surface area contributed by atoms with E-state index >= 15 is 0 Å². The van der Waals surface area contributed by atoms with Crippen LogP contribution in [0.25, 0.3) is 0 Å². The Hall–Kier alpha value is -2.84. The smallest absolute Gasteiger partial charge is 0.240 e. The van der Waals surface area contributed by atoms with E-state index in [1.165, 1.54) is 12.1 Å². The van der Waals surface area contributed by atoms with Crippen molar-refractivity contribution in [2.24, 2.45) is 11.8 Å². The van der Waals surface area contributed by atoms with E-state index in [1.807, 2.05) is 48.5 Å². The number of benzene rings is 3. The highest BCUT2D eigenvalue weighted by atomic mass is 79.9. The number of hydrogen-bond acceptors (Lipinski definition) is 4. The van der Waals surface area contributed by atoms with Crippen molar-refractivity contribution in [3.05, 3.63) is 100 Å². The number of nitrogens with zero attached hydrogens (tertiary/aromatic N) is 1. The lowest BCUT2D eigenvalue weighted by atomic mass is 9.55. The van der Waals surface area contributed by atoms with Crippen molar-refractivity contribution in [1.29, 1.82) is 0 Å². The van der Waals surface area contributed by atoms with Crippen LogP contribution in [0.2, 0.25) is 0 Å². The Kier molecular flexibility index (Phi) is 3.86. The predicted octanol–water partition coefficient (Wildman–Crippen LogP) is 2.99. The fourth-order valence-electron chi connectivity index (χ4n) is 5.77. The van der Waals surface area contributed by atoms with Crippen molar-refractivity contribution < 1.29 is 20.0 Å². The van der Waals surface area contributed by atoms with Crippen molar-refractivity contribution in [3.63, 3.8) is 0 Å². The summed E-state index contributed by atoms with van der Waals surface area (Å²) in [7, 11) is 0. The number of carbonyl (C=O) groups excluding carboxylic acids is 2. The largest absolute Gasteiger partial charge is 0.595 e. The van der Waals surface area contributed by atoms with Crippen molar-refractivity contribution in [1.82, 2.24) is 0 Å². The predicted molar refractivity (Wildman–Crippen MR) is 116 cm³/mol. The number of halogens is 1. The number of amides is 2. The minimum Gasteiger partial charge on any atom is -0.595 e. The van der Waals surface area contributed by atoms with Crippen LogP contribution >= 0.6 is 15.9 Å². The van der Waals surface area contributed by atoms with E-state index in [0.29, 0.717) is 0 Å². The molecule has 3 atom stereocenters. The number of imide groups is 1. The van der Waals surface area contributed by atoms with E-state index in [0.717, 1.165) is 27.2 Å². The quantitative estimate of drug-likeness (QED) is 0.338. The second kappa shape index (κ2) is 6.34. The highest BCUT2D eigenvalue weighted by molar-refractivity contribution is 9.09. The number of rotatable bonds is 2. The van der Waals surface area contributed by atoms with Crippen molar-refractivity contribution in [2.45, 2.75) is 10.2 Å². The van der Waals surface area contributed by atoms with E-state index in [-0.39, 0.29) is 29.1 Å². The van der Waals surface area contributed by atoms with Crippen LogP contribution in [-0.2, 0) is 13.9 Å². The number of quaternary nitrogens is 1. The molecule has 3 aromatic carbocycles. The molecule has 6 nitrogen and oxygen atoms in total. The lowest BCUT2D eigenvalue weighted by Crippen LogP contribution is -2.99. The third kappa shape index (κ3) is 2.21. The second-order valence-corrected chi connectivity index (χ2v) is 9.45. The van der Waals surface area contributed by atoms with Gasteiger partial charge >= 0.3 is 0 Å². The number of para-hydroxylation sites is 2. The molecule has 4 aliphatic rings. The third-order valence-corrected chi connectivity index (χ3v) is 8.24. The topological polar surface area (TPSA) is 85.1 Å². The number of carbonyl (C=O) groups is 2. The molecule has 7 heteroatoms. The Morgan fingerprint density at radius 1 is 0.871 bits per heavy atom. The molecule has 1 aliphatic heterocycles. The highest BCUT2D eigenvalue weighted by Gasteiger charge is 2.67. The molecule has 0 aromatic heterocycles. The molecular weight excluding hydrogens is 460 g/mol. The van der Waals surface area contributed by atoms with Crippen LogP contribution in [0.1, 0.15) is 28.2 Å². The average molecular weight is 477 g/mol. The Morgan fingerprint density at radius 3 is 2.03 bits per heavy atom. The summed E-state index contributed by atoms with van der Waals surface area (Å²) >= 11 is 3.94. The Morgan fingerprint density at radius 2 is 1.42 bits per heavy atom. The van der Waals surface area contributed by atoms with Gasteiger partial charge in [0.2, 0.25) is 11.8 Å². The second-order valence-electron chi connectivity index (χ2n) is 8.20. The minimum atomic E-state index is -1.17. The Bertz CT molecular complexity index is 1230. The molecule has 7 rings (SSSR count). The fraction of sp³-hybridized carbons (Fsp3) is 0.167. The van der Waals surface area contributed by atoms with Crippen LogP contribution in [0.15, 0.2) is 72.8 Å². The number of alkyl halides is 1. The summed E-state index contributed by atoms with van der Waals surface area (Å²) in [6, 6.07) is 22.0. The molecule has 1 heterocycles. The van der Waals surface area contributed by atoms with E-state index in [9.17, 15) is 20.0 Å². The van der Waals surface area contributed by atoms with Gasteiger partial charge in [0, 0.05) is 12.0 Å². The molecule has 1 saturated heterocycles. The van der Waals surface area contributed by atoms with E-state index in [2.05, 4.69) is 15.9 Å². The molecule has 3 aromatic rings. The van der Waals surface area contributed by atoms with Gasteiger partial charge in [-0.1, -0.05) is 76.6 Å². The first-order valence-electron chi connectivity index (χ1n) is 10.0. The lowest BCUT2D eigenvalue weighted by molar-refractivity contribution is -0.990. The maximum Gasteiger partial charge on any atom is 0.240 e. The van der Waals surface area contributed by atoms with Crippen molar-refractivity contribution in [3.8, 4) is 0 Å². The first kappa shape index (κ1) is 18.9. The van der Waals surface area contributed by atoms with Gasteiger partial charge in [0.25, 0.3) is 0 Å². The maximum absolute atomic E-state index is 13.8. The molecule has 0 spiro atoms. The summed E-state index contributed by atoms with van der Waals surface area (Å²) < 4.78 is -0.848. The number of nitrogens with one attached hydrogen (secondary N) is 1. The monoisotopic (exact) mass is 476 g/mol. The normalized spacial score (nSPS) is 28.9. The highest BCUT2D eigenvalue weighted by Crippen LogP contribution is 2.66. The summed E-state index contributed by atoms with van der Waals surface area (Å²) in [6.07, 6.45) is 0. The van der Waals surface area contributed by atoms with E-state index in [4.69, 9.17) is 0 Å². The minimum absolute atomic E-state index is 0.0613. The average Bonchev–Trinajstić information content (AvgIpc) is 3.05. The van der Waals surface area contributed by atoms with Gasteiger partial charge in [-0.15, -0.1) is 0 Å². The Labute approximate surface area is 186 Å². The standard InChI is InChI=1S/C24H17BrN2O4/c25-24-15-9-3-1-7-13(15)19(14-8-2-4-10-16(14)24)20-21(24)23(29)26(22(20)28)17-11-5-6-12-18(17)27(30)31/h1-12,19-21,27,30H/t19?,20-,21+,24?/m1/s1. The summed E-state index contributed by atoms with van der Waals surface area (Å²) in [5.74, 6) is -2.22. The molecular formula is C24H17BrN2O4. The van der Waals surface area contributed by atoms with Gasteiger partial charge in [0.05, 0.1) is 16.2 Å². The van der Waals surface area contributed by atoms with Crippen LogP contribution < -0.4 is 10.1 Å². The zero-order valence-corrected chi connectivity index (χ0v) is 17.7. The SMILES string of the molecule is O=C1[C@@H]2C3c4ccccc4C(Br)(c4ccccc43)[C@@H]2C(=O)N1c1ccccc1[NH+]([O-])O. The van der Waals surface area contributed by atoms with Crippen molar-refractivity contribution in [2.75, 3.05) is 4.90 Å². The lowest BCUT2D eigenvalue weighted by Gasteiger charge is -2.51. The molecule has 154 valence electrons. The zero-order valence-electron chi connectivity index (χ0n) is 16.2. The Balaban J connectivity index is 1.61. The molecule has 31 heavy (non-hydrogen) atoms. The number of anilines is 1. The van der Waals surface area contributed by atoms with Crippen LogP contribution in [0.5, 0.6) is 0 Å². The molecule has 2 N–H and O–H groups in total. The van der Waals surface area contributed by atoms with Crippen LogP contribution in [0, 0.1) is 17.0 Å². The van der Waals surface area contributed by atoms with Gasteiger partial charge in [-0.2, -0.15) is 5.23 Å². The molecule has 3 aliphatic carbocycles. The summed E-state index contributed by atoms with van der Waals surface area (Å²) in [5, 5.41) is 20.3. The molecule has 1 fully saturated rings. The fourth-order valence-corrected chi connectivity index (χ4v) is 6.97. The molecule has 0 radical (unpaired) electrons. The van der Waals surface area contributed by atoms with Crippen molar-refractivity contribution >= 4 is 39.1 Å². The third-order valence-electron chi connectivity index (χ3n) is 6.89. The van der Waals surface area contributed by atoms with Gasteiger partial charge in [-0.05, 0) is 28.3 Å². The molecule has 2 amide bonds. The van der Waals surface area contributed by atoms with Crippen LogP contribution in [-0.4, -0.2) is 17.0 Å². The first-order valence-corrected chi connectivity index (χ1v) is 10.8. The van der Waals surface area contributed by atoms with E-state index in [1.54, 1.807) is 12.1 Å². The van der Waals surface area contributed by atoms with E-state index < -0.39 is 21.4 Å². The maximum atomic E-state index is 13.8. The van der Waals surface area contributed by atoms with Crippen LogP contribution in [0.4, 0.5) is 11.4 Å². The van der Waals surface area contributed by atoms with Gasteiger partial charge in [0.1, 0.15) is 5.69 Å². The summed E-state index contributed by atoms with van der Waals surface area (Å²) in [5.41, 5.74) is 4.13. The molecule has 0 saturated carbocycles.